The third-order valence-corrected chi connectivity index (χ3v) is 3.38. The lowest BCUT2D eigenvalue weighted by atomic mass is 10.0. The summed E-state index contributed by atoms with van der Waals surface area (Å²) in [6, 6.07) is 3.47. The molecule has 5 nitrogen and oxygen atoms in total. The molecule has 0 fully saturated rings. The highest BCUT2D eigenvalue weighted by molar-refractivity contribution is 6.33. The summed E-state index contributed by atoms with van der Waals surface area (Å²) in [5.41, 5.74) is 1.31. The Balaban J connectivity index is 2.39. The number of hydrogen-bond acceptors (Lipinski definition) is 4. The number of aromatic carboxylic acids is 1. The van der Waals surface area contributed by atoms with Gasteiger partial charge in [0.2, 0.25) is 6.79 Å². The van der Waals surface area contributed by atoms with E-state index >= 15 is 0 Å². The van der Waals surface area contributed by atoms with Crippen LogP contribution in [0.15, 0.2) is 12.1 Å². The number of aromatic nitrogens is 1. The maximum absolute atomic E-state index is 11.3. The van der Waals surface area contributed by atoms with E-state index < -0.39 is 5.97 Å². The molecule has 2 heterocycles. The van der Waals surface area contributed by atoms with Crippen molar-refractivity contribution >= 4 is 28.5 Å². The molecule has 0 radical (unpaired) electrons. The van der Waals surface area contributed by atoms with Crippen LogP contribution in [0.2, 0.25) is 5.15 Å². The number of nitrogens with zero attached hydrogens (tertiary/aromatic N) is 1. The third-order valence-electron chi connectivity index (χ3n) is 3.11. The van der Waals surface area contributed by atoms with Crippen LogP contribution in [0.4, 0.5) is 0 Å². The van der Waals surface area contributed by atoms with Gasteiger partial charge in [-0.1, -0.05) is 18.5 Å². The van der Waals surface area contributed by atoms with Crippen molar-refractivity contribution in [3.05, 3.63) is 28.4 Å². The van der Waals surface area contributed by atoms with E-state index in [-0.39, 0.29) is 17.5 Å². The molecule has 1 aromatic carbocycles. The second-order valence-corrected chi connectivity index (χ2v) is 4.50. The number of rotatable bonds is 2. The number of ether oxygens (including phenoxy) is 2. The zero-order valence-electron chi connectivity index (χ0n) is 10.1. The zero-order valence-corrected chi connectivity index (χ0v) is 10.8. The van der Waals surface area contributed by atoms with Gasteiger partial charge in [-0.15, -0.1) is 0 Å². The molecule has 1 aliphatic rings. The number of fused-ring (bicyclic) bond motifs is 2. The predicted octanol–water partition coefficient (Wildman–Crippen LogP) is 2.88. The van der Waals surface area contributed by atoms with Crippen LogP contribution in [0.5, 0.6) is 11.5 Å². The number of hydrogen-bond donors (Lipinski definition) is 1. The molecule has 0 saturated heterocycles. The molecule has 0 spiro atoms. The quantitative estimate of drug-likeness (QED) is 0.856. The number of carbonyl (C=O) groups is 1. The number of carboxylic acid groups (broad SMARTS) is 1. The Morgan fingerprint density at radius 2 is 2.11 bits per heavy atom. The van der Waals surface area contributed by atoms with Crippen LogP contribution in [-0.4, -0.2) is 22.9 Å². The van der Waals surface area contributed by atoms with Gasteiger partial charge in [0.15, 0.2) is 11.5 Å². The lowest BCUT2D eigenvalue weighted by Crippen LogP contribution is -2.05. The molecule has 0 atom stereocenters. The van der Waals surface area contributed by atoms with Crippen LogP contribution in [0, 0.1) is 0 Å². The zero-order chi connectivity index (χ0) is 13.6. The first-order chi connectivity index (χ1) is 9.11. The smallest absolute Gasteiger partial charge is 0.339 e. The molecule has 0 amide bonds. The van der Waals surface area contributed by atoms with Crippen molar-refractivity contribution in [1.29, 1.82) is 0 Å². The van der Waals surface area contributed by atoms with Gasteiger partial charge in [-0.25, -0.2) is 9.78 Å². The second-order valence-electron chi connectivity index (χ2n) is 4.14. The highest BCUT2D eigenvalue weighted by Crippen LogP contribution is 2.38. The summed E-state index contributed by atoms with van der Waals surface area (Å²) < 4.78 is 10.6. The minimum atomic E-state index is -1.08. The summed E-state index contributed by atoms with van der Waals surface area (Å²) >= 11 is 5.97. The lowest BCUT2D eigenvalue weighted by Gasteiger charge is -2.10. The Morgan fingerprint density at radius 1 is 1.42 bits per heavy atom. The first-order valence-corrected chi connectivity index (χ1v) is 6.14. The average molecular weight is 280 g/mol. The van der Waals surface area contributed by atoms with Crippen molar-refractivity contribution in [3.63, 3.8) is 0 Å². The molecule has 19 heavy (non-hydrogen) atoms. The maximum atomic E-state index is 11.3. The van der Waals surface area contributed by atoms with E-state index in [0.29, 0.717) is 29.0 Å². The molecule has 2 aromatic rings. The van der Waals surface area contributed by atoms with Crippen molar-refractivity contribution in [2.75, 3.05) is 6.79 Å². The van der Waals surface area contributed by atoms with E-state index in [2.05, 4.69) is 4.98 Å². The Morgan fingerprint density at radius 3 is 2.74 bits per heavy atom. The van der Waals surface area contributed by atoms with Gasteiger partial charge in [-0.3, -0.25) is 0 Å². The monoisotopic (exact) mass is 279 g/mol. The summed E-state index contributed by atoms with van der Waals surface area (Å²) in [7, 11) is 0. The third kappa shape index (κ3) is 1.77. The first kappa shape index (κ1) is 12.0. The molecule has 1 aliphatic heterocycles. The summed E-state index contributed by atoms with van der Waals surface area (Å²) in [6.45, 7) is 2.04. The highest BCUT2D eigenvalue weighted by atomic mass is 35.5. The molecule has 0 unspecified atom stereocenters. The molecular formula is C13H10ClNO4. The molecular weight excluding hydrogens is 270 g/mol. The van der Waals surface area contributed by atoms with Gasteiger partial charge in [0.1, 0.15) is 10.7 Å². The summed E-state index contributed by atoms with van der Waals surface area (Å²) in [4.78, 5) is 15.4. The van der Waals surface area contributed by atoms with Crippen molar-refractivity contribution in [1.82, 2.24) is 4.98 Å². The van der Waals surface area contributed by atoms with Gasteiger partial charge in [-0.2, -0.15) is 0 Å². The summed E-state index contributed by atoms with van der Waals surface area (Å²) in [5.74, 6) is 0.123. The Kier molecular flexibility index (Phi) is 2.71. The number of halogens is 1. The van der Waals surface area contributed by atoms with E-state index in [1.165, 1.54) is 0 Å². The number of pyridine rings is 1. The Bertz CT molecular complexity index is 699. The fraction of sp³-hybridized carbons (Fsp3) is 0.231. The number of benzene rings is 1. The van der Waals surface area contributed by atoms with Crippen LogP contribution in [0.25, 0.3) is 10.9 Å². The van der Waals surface area contributed by atoms with Crippen LogP contribution >= 0.6 is 11.6 Å². The van der Waals surface area contributed by atoms with E-state index in [4.69, 9.17) is 21.1 Å². The van der Waals surface area contributed by atoms with Crippen LogP contribution in [0.1, 0.15) is 22.8 Å². The Labute approximate surface area is 113 Å². The second kappa shape index (κ2) is 4.28. The molecule has 3 rings (SSSR count). The molecule has 1 aromatic heterocycles. The average Bonchev–Trinajstić information content (AvgIpc) is 2.81. The fourth-order valence-corrected chi connectivity index (χ4v) is 2.56. The van der Waals surface area contributed by atoms with Gasteiger partial charge < -0.3 is 14.6 Å². The molecule has 0 aliphatic carbocycles. The molecule has 0 saturated carbocycles. The van der Waals surface area contributed by atoms with Crippen molar-refractivity contribution in [3.8, 4) is 11.5 Å². The highest BCUT2D eigenvalue weighted by Gasteiger charge is 2.22. The van der Waals surface area contributed by atoms with Crippen molar-refractivity contribution < 1.29 is 19.4 Å². The van der Waals surface area contributed by atoms with Gasteiger partial charge in [0.05, 0.1) is 5.52 Å². The van der Waals surface area contributed by atoms with Gasteiger partial charge >= 0.3 is 5.97 Å². The van der Waals surface area contributed by atoms with E-state index in [0.717, 1.165) is 5.39 Å². The molecule has 6 heteroatoms. The van der Waals surface area contributed by atoms with Crippen molar-refractivity contribution in [2.24, 2.45) is 0 Å². The topological polar surface area (TPSA) is 68.7 Å². The van der Waals surface area contributed by atoms with E-state index in [1.54, 1.807) is 12.1 Å². The minimum absolute atomic E-state index is 0.00397. The van der Waals surface area contributed by atoms with Crippen LogP contribution in [0.3, 0.4) is 0 Å². The predicted molar refractivity (Wildman–Crippen MR) is 69.2 cm³/mol. The van der Waals surface area contributed by atoms with E-state index in [1.807, 2.05) is 6.92 Å². The summed E-state index contributed by atoms with van der Waals surface area (Å²) in [6.07, 6.45) is 0.542. The first-order valence-electron chi connectivity index (χ1n) is 5.76. The van der Waals surface area contributed by atoms with Crippen LogP contribution in [-0.2, 0) is 6.42 Å². The van der Waals surface area contributed by atoms with Gasteiger partial charge in [-0.05, 0) is 18.1 Å². The SMILES string of the molecule is CCc1c(C(=O)O)c(Cl)nc2cc3c(cc12)OCO3. The Hall–Kier alpha value is -2.01. The van der Waals surface area contributed by atoms with Gasteiger partial charge in [0.25, 0.3) is 0 Å². The van der Waals surface area contributed by atoms with E-state index in [9.17, 15) is 9.90 Å². The molecule has 0 bridgehead atoms. The molecule has 1 N–H and O–H groups in total. The van der Waals surface area contributed by atoms with Crippen molar-refractivity contribution in [2.45, 2.75) is 13.3 Å². The normalized spacial score (nSPS) is 12.9. The number of carboxylic acids is 1. The fourth-order valence-electron chi connectivity index (χ4n) is 2.27. The largest absolute Gasteiger partial charge is 0.478 e. The minimum Gasteiger partial charge on any atom is -0.478 e. The van der Waals surface area contributed by atoms with Gasteiger partial charge in [0, 0.05) is 11.5 Å². The lowest BCUT2D eigenvalue weighted by molar-refractivity contribution is 0.0695. The number of aryl methyl sites for hydroxylation is 1. The molecule has 98 valence electrons. The maximum Gasteiger partial charge on any atom is 0.339 e. The summed E-state index contributed by atoms with van der Waals surface area (Å²) in [5, 5.41) is 9.98. The van der Waals surface area contributed by atoms with Crippen LogP contribution < -0.4 is 9.47 Å². The standard InChI is InChI=1S/C13H10ClNO4/c1-2-6-7-3-9-10(19-5-18-9)4-8(7)15-12(14)11(6)13(16)17/h3-4H,2,5H2,1H3,(H,16,17).